The molecule has 1 aliphatic rings. The van der Waals surface area contributed by atoms with Crippen LogP contribution in [0.4, 0.5) is 0 Å². The van der Waals surface area contributed by atoms with E-state index in [1.165, 1.54) is 11.8 Å². The van der Waals surface area contributed by atoms with Crippen LogP contribution in [0.5, 0.6) is 0 Å². The predicted octanol–water partition coefficient (Wildman–Crippen LogP) is 1.71. The van der Waals surface area contributed by atoms with Crippen molar-refractivity contribution in [1.29, 1.82) is 0 Å². The van der Waals surface area contributed by atoms with E-state index in [1.54, 1.807) is 12.4 Å². The van der Waals surface area contributed by atoms with Gasteiger partial charge in [-0.05, 0) is 11.6 Å². The molecule has 2 heterocycles. The Morgan fingerprint density at radius 1 is 1.69 bits per heavy atom. The first-order valence-electron chi connectivity index (χ1n) is 4.87. The molecule has 0 unspecified atom stereocenters. The van der Waals surface area contributed by atoms with Crippen molar-refractivity contribution in [1.82, 2.24) is 9.88 Å². The van der Waals surface area contributed by atoms with E-state index in [2.05, 4.69) is 4.98 Å². The van der Waals surface area contributed by atoms with Crippen molar-refractivity contribution in [2.45, 2.75) is 6.54 Å². The molecular weight excluding hydrogens is 226 g/mol. The summed E-state index contributed by atoms with van der Waals surface area (Å²) in [6.07, 6.45) is 4.58. The van der Waals surface area contributed by atoms with E-state index in [-0.39, 0.29) is 0 Å². The molecule has 5 nitrogen and oxygen atoms in total. The zero-order valence-electron chi connectivity index (χ0n) is 8.57. The number of thioether (sulfide) groups is 1. The molecule has 0 saturated carbocycles. The molecule has 0 atom stereocenters. The lowest BCUT2D eigenvalue weighted by atomic mass is 10.3. The van der Waals surface area contributed by atoms with Gasteiger partial charge in [-0.3, -0.25) is 15.1 Å². The summed E-state index contributed by atoms with van der Waals surface area (Å²) in [7, 11) is 0. The number of nitrogens with zero attached hydrogens (tertiary/aromatic N) is 3. The average molecular weight is 237 g/mol. The summed E-state index contributed by atoms with van der Waals surface area (Å²) in [5.41, 5.74) is 1.07. The Morgan fingerprint density at radius 2 is 2.56 bits per heavy atom. The van der Waals surface area contributed by atoms with E-state index in [9.17, 15) is 10.1 Å². The van der Waals surface area contributed by atoms with Crippen molar-refractivity contribution in [3.05, 3.63) is 51.4 Å². The molecule has 1 aromatic heterocycles. The first kappa shape index (κ1) is 10.9. The fourth-order valence-corrected chi connectivity index (χ4v) is 2.56. The summed E-state index contributed by atoms with van der Waals surface area (Å²) in [5, 5.41) is 11.2. The lowest BCUT2D eigenvalue weighted by Gasteiger charge is -2.16. The number of pyridine rings is 1. The van der Waals surface area contributed by atoms with E-state index < -0.39 is 4.92 Å². The molecule has 0 spiro atoms. The van der Waals surface area contributed by atoms with Gasteiger partial charge in [0.2, 0.25) is 0 Å². The summed E-state index contributed by atoms with van der Waals surface area (Å²) in [6, 6.07) is 3.84. The summed E-state index contributed by atoms with van der Waals surface area (Å²) < 4.78 is 0. The summed E-state index contributed by atoms with van der Waals surface area (Å²) in [4.78, 5) is 16.1. The second kappa shape index (κ2) is 4.98. The Labute approximate surface area is 97.3 Å². The minimum Gasteiger partial charge on any atom is -0.356 e. The standard InChI is InChI=1S/C10H11N3O2S/c14-13(15)8-10-12(4-5-16-10)7-9-2-1-3-11-6-9/h1-3,6,8H,4-5,7H2/b10-8-. The molecule has 0 amide bonds. The molecule has 2 rings (SSSR count). The van der Waals surface area contributed by atoms with Gasteiger partial charge in [-0.2, -0.15) is 0 Å². The third-order valence-corrected chi connectivity index (χ3v) is 3.28. The molecule has 1 fully saturated rings. The quantitative estimate of drug-likeness (QED) is 0.591. The number of rotatable bonds is 3. The number of hydrogen-bond acceptors (Lipinski definition) is 5. The zero-order chi connectivity index (χ0) is 11.4. The SMILES string of the molecule is O=[N+]([O-])/C=C1\SCCN1Cc1cccnc1. The molecule has 84 valence electrons. The van der Waals surface area contributed by atoms with Crippen LogP contribution in [0.15, 0.2) is 35.8 Å². The van der Waals surface area contributed by atoms with E-state index >= 15 is 0 Å². The van der Waals surface area contributed by atoms with E-state index in [1.807, 2.05) is 17.0 Å². The molecule has 0 radical (unpaired) electrons. The van der Waals surface area contributed by atoms with Crippen molar-refractivity contribution < 1.29 is 4.92 Å². The van der Waals surface area contributed by atoms with E-state index in [0.29, 0.717) is 6.54 Å². The normalized spacial score (nSPS) is 18.0. The maximum absolute atomic E-state index is 10.4. The Hall–Kier alpha value is -1.56. The molecular formula is C10H11N3O2S. The van der Waals surface area contributed by atoms with Crippen molar-refractivity contribution in [3.63, 3.8) is 0 Å². The Kier molecular flexibility index (Phi) is 3.40. The number of aromatic nitrogens is 1. The smallest absolute Gasteiger partial charge is 0.264 e. The minimum absolute atomic E-state index is 0.399. The van der Waals surface area contributed by atoms with Crippen LogP contribution in [-0.4, -0.2) is 27.1 Å². The van der Waals surface area contributed by atoms with Gasteiger partial charge in [0, 0.05) is 31.2 Å². The van der Waals surface area contributed by atoms with Crippen LogP contribution in [0, 0.1) is 10.1 Å². The lowest BCUT2D eigenvalue weighted by molar-refractivity contribution is -0.403. The molecule has 6 heteroatoms. The molecule has 1 saturated heterocycles. The highest BCUT2D eigenvalue weighted by atomic mass is 32.2. The topological polar surface area (TPSA) is 59.3 Å². The van der Waals surface area contributed by atoms with Crippen LogP contribution >= 0.6 is 11.8 Å². The van der Waals surface area contributed by atoms with Gasteiger partial charge < -0.3 is 4.90 Å². The third-order valence-electron chi connectivity index (χ3n) is 2.23. The predicted molar refractivity (Wildman–Crippen MR) is 62.2 cm³/mol. The Morgan fingerprint density at radius 3 is 3.25 bits per heavy atom. The zero-order valence-corrected chi connectivity index (χ0v) is 9.39. The maximum atomic E-state index is 10.4. The van der Waals surface area contributed by atoms with Crippen LogP contribution in [0.25, 0.3) is 0 Å². The van der Waals surface area contributed by atoms with E-state index in [0.717, 1.165) is 29.1 Å². The summed E-state index contributed by atoms with van der Waals surface area (Å²) >= 11 is 1.52. The van der Waals surface area contributed by atoms with Gasteiger partial charge in [0.1, 0.15) is 5.03 Å². The number of hydrogen-bond donors (Lipinski definition) is 0. The van der Waals surface area contributed by atoms with Crippen LogP contribution in [0.1, 0.15) is 5.56 Å². The molecule has 0 bridgehead atoms. The number of nitro groups is 1. The average Bonchev–Trinajstić information content (AvgIpc) is 2.66. The highest BCUT2D eigenvalue weighted by Gasteiger charge is 2.20. The largest absolute Gasteiger partial charge is 0.356 e. The molecule has 1 aliphatic heterocycles. The van der Waals surface area contributed by atoms with Gasteiger partial charge in [0.05, 0.1) is 4.92 Å². The van der Waals surface area contributed by atoms with Gasteiger partial charge in [0.25, 0.3) is 6.20 Å². The van der Waals surface area contributed by atoms with Crippen LogP contribution in [0.3, 0.4) is 0 Å². The fourth-order valence-electron chi connectivity index (χ4n) is 1.54. The van der Waals surface area contributed by atoms with Gasteiger partial charge in [0.15, 0.2) is 0 Å². The fraction of sp³-hybridized carbons (Fsp3) is 0.300. The highest BCUT2D eigenvalue weighted by molar-refractivity contribution is 8.03. The first-order valence-corrected chi connectivity index (χ1v) is 5.86. The van der Waals surface area contributed by atoms with Crippen LogP contribution in [0.2, 0.25) is 0 Å². The van der Waals surface area contributed by atoms with Crippen molar-refractivity contribution >= 4 is 11.8 Å². The molecule has 0 N–H and O–H groups in total. The van der Waals surface area contributed by atoms with Crippen molar-refractivity contribution in [3.8, 4) is 0 Å². The second-order valence-electron chi connectivity index (χ2n) is 3.38. The van der Waals surface area contributed by atoms with Gasteiger partial charge in [-0.15, -0.1) is 11.8 Å². The minimum atomic E-state index is -0.399. The van der Waals surface area contributed by atoms with Crippen LogP contribution in [-0.2, 0) is 6.54 Å². The molecule has 16 heavy (non-hydrogen) atoms. The first-order chi connectivity index (χ1) is 7.75. The molecule has 0 aromatic carbocycles. The molecule has 1 aromatic rings. The third kappa shape index (κ3) is 2.73. The monoisotopic (exact) mass is 237 g/mol. The summed E-state index contributed by atoms with van der Waals surface area (Å²) in [5.74, 6) is 0.903. The summed E-state index contributed by atoms with van der Waals surface area (Å²) in [6.45, 7) is 1.53. The lowest BCUT2D eigenvalue weighted by Crippen LogP contribution is -2.18. The molecule has 0 aliphatic carbocycles. The maximum Gasteiger partial charge on any atom is 0.264 e. The van der Waals surface area contributed by atoms with Crippen molar-refractivity contribution in [2.75, 3.05) is 12.3 Å². The Bertz CT molecular complexity index is 408. The second-order valence-corrected chi connectivity index (χ2v) is 4.50. The van der Waals surface area contributed by atoms with Crippen LogP contribution < -0.4 is 0 Å². The van der Waals surface area contributed by atoms with Gasteiger partial charge in [-0.25, -0.2) is 0 Å². The van der Waals surface area contributed by atoms with Gasteiger partial charge >= 0.3 is 0 Å². The van der Waals surface area contributed by atoms with Gasteiger partial charge in [-0.1, -0.05) is 6.07 Å². The Balaban J connectivity index is 2.07. The van der Waals surface area contributed by atoms with E-state index in [4.69, 9.17) is 0 Å². The highest BCUT2D eigenvalue weighted by Crippen LogP contribution is 2.28. The van der Waals surface area contributed by atoms with Crippen molar-refractivity contribution in [2.24, 2.45) is 0 Å².